The Hall–Kier alpha value is -1.23. The van der Waals surface area contributed by atoms with Crippen molar-refractivity contribution in [1.82, 2.24) is 5.16 Å². The van der Waals surface area contributed by atoms with E-state index in [0.717, 1.165) is 0 Å². The molecule has 0 atom stereocenters. The molecule has 1 heterocycles. The molecule has 5 nitrogen and oxygen atoms in total. The molecule has 0 aliphatic carbocycles. The molecule has 5 heteroatoms. The minimum atomic E-state index is -0.290. The summed E-state index contributed by atoms with van der Waals surface area (Å²) in [6.07, 6.45) is 0. The first-order valence-electron chi connectivity index (χ1n) is 2.37. The van der Waals surface area contributed by atoms with Crippen molar-refractivity contribution >= 4 is 5.88 Å². The number of nitrogens with two attached hydrogens (primary N) is 1. The zero-order chi connectivity index (χ0) is 6.85. The third-order valence-corrected chi connectivity index (χ3v) is 0.858. The monoisotopic (exact) mass is 129 g/mol. The fourth-order valence-electron chi connectivity index (χ4n) is 0.447. The van der Waals surface area contributed by atoms with E-state index in [1.807, 2.05) is 0 Å². The zero-order valence-corrected chi connectivity index (χ0v) is 4.92. The fraction of sp³-hybridized carbons (Fsp3) is 0.250. The molecule has 1 rings (SSSR count). The zero-order valence-electron chi connectivity index (χ0n) is 4.92. The van der Waals surface area contributed by atoms with Crippen LogP contribution >= 0.6 is 0 Å². The molecule has 1 aromatic heterocycles. The van der Waals surface area contributed by atoms with Gasteiger partial charge in [-0.1, -0.05) is 0 Å². The van der Waals surface area contributed by atoms with Crippen LogP contribution in [0.25, 0.3) is 0 Å². The number of rotatable bonds is 1. The second-order valence-electron chi connectivity index (χ2n) is 1.66. The van der Waals surface area contributed by atoms with Gasteiger partial charge in [0, 0.05) is 7.05 Å². The van der Waals surface area contributed by atoms with Gasteiger partial charge in [-0.05, 0) is 0 Å². The van der Waals surface area contributed by atoms with Crippen LogP contribution in [0.4, 0.5) is 5.88 Å². The smallest absolute Gasteiger partial charge is 0.282 e. The largest absolute Gasteiger partial charge is 0.359 e. The molecule has 0 saturated carbocycles. The summed E-state index contributed by atoms with van der Waals surface area (Å²) in [6, 6.07) is 1.26. The van der Waals surface area contributed by atoms with E-state index in [1.165, 1.54) is 11.1 Å². The van der Waals surface area contributed by atoms with Gasteiger partial charge in [0.25, 0.3) is 5.56 Å². The van der Waals surface area contributed by atoms with Crippen molar-refractivity contribution in [1.29, 1.82) is 0 Å². The van der Waals surface area contributed by atoms with Crippen molar-refractivity contribution in [3.05, 3.63) is 16.4 Å². The van der Waals surface area contributed by atoms with Gasteiger partial charge in [0.1, 0.15) is 0 Å². The van der Waals surface area contributed by atoms with Crippen LogP contribution in [0, 0.1) is 0 Å². The first kappa shape index (κ1) is 5.90. The van der Waals surface area contributed by atoms with Crippen LogP contribution in [0.5, 0.6) is 0 Å². The van der Waals surface area contributed by atoms with Crippen molar-refractivity contribution < 1.29 is 4.52 Å². The first-order chi connectivity index (χ1) is 4.20. The Kier molecular flexibility index (Phi) is 1.27. The lowest BCUT2D eigenvalue weighted by Gasteiger charge is -2.03. The number of aromatic amines is 1. The molecule has 0 amide bonds. The normalized spacial score (nSPS) is 9.56. The highest BCUT2D eigenvalue weighted by molar-refractivity contribution is 5.28. The molecule has 1 aromatic rings. The molecule has 50 valence electrons. The summed E-state index contributed by atoms with van der Waals surface area (Å²) in [5.74, 6) is 5.53. The molecular weight excluding hydrogens is 122 g/mol. The number of nitrogens with one attached hydrogen (secondary N) is 1. The van der Waals surface area contributed by atoms with E-state index in [-0.39, 0.29) is 5.56 Å². The van der Waals surface area contributed by atoms with E-state index >= 15 is 0 Å². The van der Waals surface area contributed by atoms with Gasteiger partial charge in [0.05, 0.1) is 6.07 Å². The molecular formula is C4H7N3O2. The Morgan fingerprint density at radius 1 is 1.89 bits per heavy atom. The van der Waals surface area contributed by atoms with Gasteiger partial charge in [-0.3, -0.25) is 9.80 Å². The number of hydrogen-bond acceptors (Lipinski definition) is 4. The second-order valence-corrected chi connectivity index (χ2v) is 1.66. The summed E-state index contributed by atoms with van der Waals surface area (Å²) in [6.45, 7) is 0. The highest BCUT2D eigenvalue weighted by atomic mass is 16.5. The van der Waals surface area contributed by atoms with Crippen LogP contribution in [0.1, 0.15) is 0 Å². The second kappa shape index (κ2) is 1.94. The van der Waals surface area contributed by atoms with Gasteiger partial charge < -0.3 is 4.52 Å². The predicted octanol–water partition coefficient (Wildman–Crippen LogP) is -0.722. The number of aromatic nitrogens is 1. The maximum atomic E-state index is 10.4. The molecule has 0 saturated heterocycles. The topological polar surface area (TPSA) is 75.3 Å². The molecule has 0 aromatic carbocycles. The number of hydrogen-bond donors (Lipinski definition) is 2. The SMILES string of the molecule is CN(N)c1cc(=O)[nH]o1. The summed E-state index contributed by atoms with van der Waals surface area (Å²) < 4.78 is 4.59. The van der Waals surface area contributed by atoms with Crippen molar-refractivity contribution in [3.63, 3.8) is 0 Å². The van der Waals surface area contributed by atoms with E-state index in [0.29, 0.717) is 5.88 Å². The lowest BCUT2D eigenvalue weighted by atomic mass is 10.6. The molecule has 0 bridgehead atoms. The summed E-state index contributed by atoms with van der Waals surface area (Å²) in [7, 11) is 1.58. The van der Waals surface area contributed by atoms with Gasteiger partial charge in [0.2, 0.25) is 5.88 Å². The van der Waals surface area contributed by atoms with E-state index < -0.39 is 0 Å². The quantitative estimate of drug-likeness (QED) is 0.387. The highest BCUT2D eigenvalue weighted by Gasteiger charge is 1.98. The van der Waals surface area contributed by atoms with Gasteiger partial charge in [-0.25, -0.2) is 5.84 Å². The Balaban J connectivity index is 2.98. The maximum absolute atomic E-state index is 10.4. The van der Waals surface area contributed by atoms with Gasteiger partial charge in [-0.15, -0.1) is 0 Å². The van der Waals surface area contributed by atoms with Gasteiger partial charge >= 0.3 is 0 Å². The maximum Gasteiger partial charge on any atom is 0.282 e. The van der Waals surface area contributed by atoms with E-state index in [1.54, 1.807) is 7.05 Å². The van der Waals surface area contributed by atoms with Gasteiger partial charge in [-0.2, -0.15) is 5.16 Å². The van der Waals surface area contributed by atoms with Crippen molar-refractivity contribution in [2.75, 3.05) is 12.1 Å². The molecule has 0 aliphatic heterocycles. The average Bonchev–Trinajstić information content (AvgIpc) is 2.14. The number of hydrazine groups is 1. The first-order valence-corrected chi connectivity index (χ1v) is 2.37. The van der Waals surface area contributed by atoms with Crippen LogP contribution < -0.4 is 16.4 Å². The molecule has 0 spiro atoms. The van der Waals surface area contributed by atoms with Crippen LogP contribution in [-0.2, 0) is 0 Å². The standard InChI is InChI=1S/C4H7N3O2/c1-7(5)4-2-3(8)6-9-4/h2H,5H2,1H3,(H,6,8). The lowest BCUT2D eigenvalue weighted by molar-refractivity contribution is 0.415. The van der Waals surface area contributed by atoms with Crippen LogP contribution in [-0.4, -0.2) is 12.2 Å². The molecule has 3 N–H and O–H groups in total. The lowest BCUT2D eigenvalue weighted by Crippen LogP contribution is -2.24. The number of nitrogens with zero attached hydrogens (tertiary/aromatic N) is 1. The van der Waals surface area contributed by atoms with Crippen molar-refractivity contribution in [2.24, 2.45) is 5.84 Å². The van der Waals surface area contributed by atoms with Gasteiger partial charge in [0.15, 0.2) is 0 Å². The molecule has 0 radical (unpaired) electrons. The highest BCUT2D eigenvalue weighted by Crippen LogP contribution is 2.00. The number of H-pyrrole nitrogens is 1. The van der Waals surface area contributed by atoms with E-state index in [9.17, 15) is 4.79 Å². The fourth-order valence-corrected chi connectivity index (χ4v) is 0.447. The Morgan fingerprint density at radius 3 is 2.78 bits per heavy atom. The average molecular weight is 129 g/mol. The third-order valence-electron chi connectivity index (χ3n) is 0.858. The molecule has 9 heavy (non-hydrogen) atoms. The van der Waals surface area contributed by atoms with Crippen LogP contribution in [0.3, 0.4) is 0 Å². The minimum absolute atomic E-state index is 0.290. The molecule has 0 aliphatic rings. The van der Waals surface area contributed by atoms with E-state index in [2.05, 4.69) is 9.68 Å². The molecule has 0 unspecified atom stereocenters. The summed E-state index contributed by atoms with van der Waals surface area (Å²) in [5.41, 5.74) is -0.290. The van der Waals surface area contributed by atoms with Crippen LogP contribution in [0.2, 0.25) is 0 Å². The number of anilines is 1. The molecule has 0 fully saturated rings. The third kappa shape index (κ3) is 1.11. The summed E-state index contributed by atoms with van der Waals surface area (Å²) >= 11 is 0. The van der Waals surface area contributed by atoms with Crippen molar-refractivity contribution in [3.8, 4) is 0 Å². The Morgan fingerprint density at radius 2 is 2.56 bits per heavy atom. The van der Waals surface area contributed by atoms with Crippen LogP contribution in [0.15, 0.2) is 15.4 Å². The van der Waals surface area contributed by atoms with Crippen molar-refractivity contribution in [2.45, 2.75) is 0 Å². The predicted molar refractivity (Wildman–Crippen MR) is 31.9 cm³/mol. The Labute approximate surface area is 51.0 Å². The summed E-state index contributed by atoms with van der Waals surface area (Å²) in [5, 5.41) is 3.30. The minimum Gasteiger partial charge on any atom is -0.359 e. The Bertz CT molecular complexity index is 236. The van der Waals surface area contributed by atoms with E-state index in [4.69, 9.17) is 5.84 Å². The summed E-state index contributed by atoms with van der Waals surface area (Å²) in [4.78, 5) is 10.4.